The van der Waals surface area contributed by atoms with Gasteiger partial charge in [0.1, 0.15) is 41.8 Å². The van der Waals surface area contributed by atoms with E-state index in [0.29, 0.717) is 64.6 Å². The number of fused-ring (bicyclic) bond motifs is 5. The molecule has 2 aromatic heterocycles. The van der Waals surface area contributed by atoms with Gasteiger partial charge in [0.05, 0.1) is 10.9 Å². The number of ether oxygens (including phenoxy) is 2. The van der Waals surface area contributed by atoms with E-state index in [4.69, 9.17) is 19.4 Å². The van der Waals surface area contributed by atoms with Crippen LogP contribution in [-0.2, 0) is 11.2 Å². The lowest BCUT2D eigenvalue weighted by Gasteiger charge is -2.35. The van der Waals surface area contributed by atoms with E-state index >= 15 is 8.78 Å². The summed E-state index contributed by atoms with van der Waals surface area (Å²) in [6, 6.07) is 6.17. The molecule has 4 fully saturated rings. The Morgan fingerprint density at radius 3 is 2.66 bits per heavy atom. The van der Waals surface area contributed by atoms with E-state index in [-0.39, 0.29) is 40.6 Å². The molecule has 0 radical (unpaired) electrons. The van der Waals surface area contributed by atoms with Gasteiger partial charge in [-0.2, -0.15) is 9.97 Å². The molecule has 2 unspecified atom stereocenters. The van der Waals surface area contributed by atoms with Crippen LogP contribution < -0.4 is 9.64 Å². The Bertz CT molecular complexity index is 1960. The van der Waals surface area contributed by atoms with Crippen LogP contribution in [0.4, 0.5) is 19.4 Å². The van der Waals surface area contributed by atoms with E-state index < -0.39 is 11.6 Å². The molecule has 264 valence electrons. The molecule has 0 spiro atoms. The van der Waals surface area contributed by atoms with Gasteiger partial charge in [0.2, 0.25) is 0 Å². The smallest absolute Gasteiger partial charge is 0.409 e. The summed E-state index contributed by atoms with van der Waals surface area (Å²) in [4.78, 5) is 32.5. The van der Waals surface area contributed by atoms with Gasteiger partial charge in [-0.15, -0.1) is 0 Å². The molecule has 2 aromatic carbocycles. The Kier molecular flexibility index (Phi) is 8.40. The molecule has 5 heterocycles. The Hall–Kier alpha value is -4.32. The van der Waals surface area contributed by atoms with Gasteiger partial charge < -0.3 is 24.4 Å². The van der Waals surface area contributed by atoms with Crippen molar-refractivity contribution in [2.24, 2.45) is 11.8 Å². The highest BCUT2D eigenvalue weighted by Crippen LogP contribution is 2.44. The summed E-state index contributed by atoms with van der Waals surface area (Å²) in [7, 11) is 3.35. The van der Waals surface area contributed by atoms with E-state index in [1.54, 1.807) is 32.4 Å². The minimum Gasteiger partial charge on any atom is -0.508 e. The number of aryl methyl sites for hydroxylation is 1. The molecule has 1 N–H and O–H groups in total. The van der Waals surface area contributed by atoms with Gasteiger partial charge in [-0.05, 0) is 104 Å². The first-order valence-electron chi connectivity index (χ1n) is 17.9. The summed E-state index contributed by atoms with van der Waals surface area (Å²) >= 11 is 0. The third kappa shape index (κ3) is 5.65. The van der Waals surface area contributed by atoms with E-state index in [1.807, 2.05) is 6.92 Å². The summed E-state index contributed by atoms with van der Waals surface area (Å²) in [5, 5.41) is 12.3. The number of aromatic nitrogens is 3. The molecular weight excluding hydrogens is 642 g/mol. The lowest BCUT2D eigenvalue weighted by atomic mass is 9.94. The minimum atomic E-state index is -0.668. The molecule has 1 saturated carbocycles. The van der Waals surface area contributed by atoms with Crippen LogP contribution in [0.5, 0.6) is 11.8 Å². The number of carbonyl (C=O) groups is 1. The number of anilines is 1. The molecule has 4 aliphatic rings. The van der Waals surface area contributed by atoms with Crippen molar-refractivity contribution in [3.8, 4) is 23.0 Å². The normalized spacial score (nSPS) is 24.7. The topological polar surface area (TPSA) is 104 Å². The fourth-order valence-electron chi connectivity index (χ4n) is 9.21. The maximum absolute atomic E-state index is 17.0. The van der Waals surface area contributed by atoms with Crippen molar-refractivity contribution < 1.29 is 28.2 Å². The van der Waals surface area contributed by atoms with E-state index in [0.717, 1.165) is 45.3 Å². The Labute approximate surface area is 290 Å². The summed E-state index contributed by atoms with van der Waals surface area (Å²) in [6.45, 7) is 5.04. The number of phenolic OH excluding ortho intramolecular Hbond substituents is 1. The summed E-state index contributed by atoms with van der Waals surface area (Å²) < 4.78 is 44.1. The van der Waals surface area contributed by atoms with Gasteiger partial charge in [-0.1, -0.05) is 13.0 Å². The average molecular weight is 687 g/mol. The number of amides is 1. The molecule has 12 heteroatoms. The van der Waals surface area contributed by atoms with Crippen molar-refractivity contribution in [2.45, 2.75) is 69.9 Å². The number of carbonyl (C=O) groups excluding carboxylic acids is 1. The standard InChI is InChI=1S/C38H44F2N6O4/c1-4-27-30(39)9-8-24-15-26(47)16-28(31(24)27)33-32(40)34-29(17-41-33)35(45-18-22-6-7-23(14-22)19-45)43-36(42-34)50-21-38-11-5-13-46(38)25(10-12-38)20-49-37(48)44(2)3/h8-9,15-17,22-23,25,47H,4-7,10-14,18-21H2,1-3H3/t22?,23?,25-,38-/m1/s1. The SMILES string of the molecule is CCc1c(F)ccc2cc(O)cc(-c3ncc4c(N5CC6CCC(C6)C5)nc(OC[C@]56CCCN5[C@@H](COC(=O)N(C)C)CC6)nc4c3F)c12. The number of hydrogen-bond donors (Lipinski definition) is 1. The summed E-state index contributed by atoms with van der Waals surface area (Å²) in [5.74, 6) is 0.608. The third-order valence-corrected chi connectivity index (χ3v) is 11.6. The second-order valence-corrected chi connectivity index (χ2v) is 14.9. The number of rotatable bonds is 8. The highest BCUT2D eigenvalue weighted by Gasteiger charge is 2.50. The van der Waals surface area contributed by atoms with Crippen molar-refractivity contribution in [2.75, 3.05) is 51.8 Å². The second kappa shape index (κ2) is 12.8. The average Bonchev–Trinajstić information content (AvgIpc) is 3.78. The van der Waals surface area contributed by atoms with Crippen LogP contribution in [0.1, 0.15) is 57.4 Å². The number of hydrogen-bond acceptors (Lipinski definition) is 9. The van der Waals surface area contributed by atoms with Crippen LogP contribution in [-0.4, -0.2) is 94.5 Å². The van der Waals surface area contributed by atoms with Crippen LogP contribution in [0.25, 0.3) is 32.9 Å². The highest BCUT2D eigenvalue weighted by molar-refractivity contribution is 6.01. The maximum atomic E-state index is 17.0. The zero-order valence-corrected chi connectivity index (χ0v) is 28.9. The predicted octanol–water partition coefficient (Wildman–Crippen LogP) is 6.70. The predicted molar refractivity (Wildman–Crippen MR) is 187 cm³/mol. The second-order valence-electron chi connectivity index (χ2n) is 14.9. The number of aromatic hydroxyl groups is 1. The molecule has 3 saturated heterocycles. The summed E-state index contributed by atoms with van der Waals surface area (Å²) in [5.41, 5.74) is 0.559. The first kappa shape index (κ1) is 32.9. The number of phenols is 1. The monoisotopic (exact) mass is 686 g/mol. The Balaban J connectivity index is 1.18. The van der Waals surface area contributed by atoms with Crippen molar-refractivity contribution in [1.29, 1.82) is 0 Å². The highest BCUT2D eigenvalue weighted by atomic mass is 19.1. The fraction of sp³-hybridized carbons (Fsp3) is 0.526. The number of piperidine rings is 1. The van der Waals surface area contributed by atoms with E-state index in [1.165, 1.54) is 36.3 Å². The van der Waals surface area contributed by atoms with Crippen LogP contribution in [0, 0.1) is 23.5 Å². The quantitative estimate of drug-likeness (QED) is 0.217. The van der Waals surface area contributed by atoms with Crippen LogP contribution in [0.15, 0.2) is 30.5 Å². The van der Waals surface area contributed by atoms with Crippen molar-refractivity contribution in [3.63, 3.8) is 0 Å². The van der Waals surface area contributed by atoms with Gasteiger partial charge in [0.25, 0.3) is 0 Å². The van der Waals surface area contributed by atoms with Gasteiger partial charge in [0.15, 0.2) is 5.82 Å². The van der Waals surface area contributed by atoms with Crippen LogP contribution in [0.3, 0.4) is 0 Å². The largest absolute Gasteiger partial charge is 0.508 e. The number of pyridine rings is 1. The molecule has 8 rings (SSSR count). The molecule has 1 aliphatic carbocycles. The molecule has 1 amide bonds. The minimum absolute atomic E-state index is 0.0144. The van der Waals surface area contributed by atoms with Gasteiger partial charge in [-0.3, -0.25) is 9.88 Å². The van der Waals surface area contributed by atoms with Crippen molar-refractivity contribution in [3.05, 3.63) is 47.7 Å². The number of benzene rings is 2. The molecule has 2 bridgehead atoms. The first-order chi connectivity index (χ1) is 24.1. The number of halogens is 2. The first-order valence-corrected chi connectivity index (χ1v) is 17.9. The molecule has 3 aliphatic heterocycles. The lowest BCUT2D eigenvalue weighted by molar-refractivity contribution is 0.0484. The van der Waals surface area contributed by atoms with Gasteiger partial charge in [0, 0.05) is 45.0 Å². The van der Waals surface area contributed by atoms with E-state index in [9.17, 15) is 9.90 Å². The zero-order chi connectivity index (χ0) is 34.7. The lowest BCUT2D eigenvalue weighted by Crippen LogP contribution is -2.48. The van der Waals surface area contributed by atoms with Crippen LogP contribution >= 0.6 is 0 Å². The third-order valence-electron chi connectivity index (χ3n) is 11.6. The Morgan fingerprint density at radius 2 is 1.90 bits per heavy atom. The molecule has 4 atom stereocenters. The van der Waals surface area contributed by atoms with Gasteiger partial charge in [-0.25, -0.2) is 13.6 Å². The van der Waals surface area contributed by atoms with Crippen molar-refractivity contribution >= 4 is 33.6 Å². The maximum Gasteiger partial charge on any atom is 0.409 e. The Morgan fingerprint density at radius 1 is 1.10 bits per heavy atom. The van der Waals surface area contributed by atoms with Gasteiger partial charge >= 0.3 is 12.1 Å². The summed E-state index contributed by atoms with van der Waals surface area (Å²) in [6.07, 6.45) is 8.89. The van der Waals surface area contributed by atoms with Crippen molar-refractivity contribution in [1.82, 2.24) is 24.8 Å². The molecule has 50 heavy (non-hydrogen) atoms. The molecule has 4 aromatic rings. The number of nitrogens with zero attached hydrogens (tertiary/aromatic N) is 6. The zero-order valence-electron chi connectivity index (χ0n) is 28.9. The van der Waals surface area contributed by atoms with E-state index in [2.05, 4.69) is 14.8 Å². The van der Waals surface area contributed by atoms with Crippen LogP contribution in [0.2, 0.25) is 0 Å². The fourth-order valence-corrected chi connectivity index (χ4v) is 9.21. The molecular formula is C38H44F2N6O4. The molecule has 10 nitrogen and oxygen atoms in total.